The van der Waals surface area contributed by atoms with E-state index < -0.39 is 0 Å². The summed E-state index contributed by atoms with van der Waals surface area (Å²) >= 11 is 2.32. The van der Waals surface area contributed by atoms with Crippen molar-refractivity contribution < 1.29 is 4.79 Å². The number of rotatable bonds is 5. The molecule has 0 aromatic heterocycles. The third-order valence-corrected chi connectivity index (χ3v) is 4.63. The third-order valence-electron chi connectivity index (χ3n) is 3.91. The van der Waals surface area contributed by atoms with Crippen molar-refractivity contribution in [3.05, 3.63) is 33.4 Å². The van der Waals surface area contributed by atoms with Gasteiger partial charge in [-0.3, -0.25) is 4.79 Å². The van der Waals surface area contributed by atoms with Crippen molar-refractivity contribution in [2.75, 3.05) is 13.1 Å². The minimum atomic E-state index is 0. The van der Waals surface area contributed by atoms with Gasteiger partial charge in [-0.15, -0.1) is 12.4 Å². The van der Waals surface area contributed by atoms with Crippen LogP contribution in [0.5, 0.6) is 0 Å². The molecule has 1 aliphatic heterocycles. The molecule has 1 amide bonds. The quantitative estimate of drug-likeness (QED) is 0.584. The van der Waals surface area contributed by atoms with E-state index in [4.69, 9.17) is 5.73 Å². The molecule has 1 aromatic carbocycles. The fourth-order valence-corrected chi connectivity index (χ4v) is 2.92. The summed E-state index contributed by atoms with van der Waals surface area (Å²) in [6.07, 6.45) is 5.71. The van der Waals surface area contributed by atoms with Gasteiger partial charge in [-0.2, -0.15) is 0 Å². The molecule has 0 spiro atoms. The SMILES string of the molecule is Cl.NC1CCN(C(=O)CCCCc2ccc(I)cc2)CC1. The standard InChI is InChI=1S/C16H23IN2O.ClH/c17-14-7-5-13(6-8-14)3-1-2-4-16(20)19-11-9-15(18)10-12-19;/h5-8,15H,1-4,9-12,18H2;1H. The highest BCUT2D eigenvalue weighted by Crippen LogP contribution is 2.13. The predicted molar refractivity (Wildman–Crippen MR) is 97.8 cm³/mol. The number of hydrogen-bond acceptors (Lipinski definition) is 2. The summed E-state index contributed by atoms with van der Waals surface area (Å²) in [6.45, 7) is 1.69. The van der Waals surface area contributed by atoms with Crippen LogP contribution in [0.25, 0.3) is 0 Å². The van der Waals surface area contributed by atoms with E-state index in [1.807, 2.05) is 4.90 Å². The first-order chi connectivity index (χ1) is 9.65. The molecule has 0 bridgehead atoms. The number of piperidine rings is 1. The number of hydrogen-bond donors (Lipinski definition) is 1. The maximum Gasteiger partial charge on any atom is 0.222 e. The van der Waals surface area contributed by atoms with Crippen LogP contribution in [0.4, 0.5) is 0 Å². The van der Waals surface area contributed by atoms with Crippen molar-refractivity contribution in [2.24, 2.45) is 5.73 Å². The van der Waals surface area contributed by atoms with E-state index in [2.05, 4.69) is 46.9 Å². The van der Waals surface area contributed by atoms with Gasteiger partial charge in [-0.05, 0) is 72.4 Å². The maximum absolute atomic E-state index is 12.0. The Morgan fingerprint density at radius 1 is 1.19 bits per heavy atom. The van der Waals surface area contributed by atoms with Crippen molar-refractivity contribution in [3.63, 3.8) is 0 Å². The Morgan fingerprint density at radius 3 is 2.43 bits per heavy atom. The molecule has 5 heteroatoms. The molecule has 1 aliphatic rings. The molecule has 0 atom stereocenters. The number of carbonyl (C=O) groups is 1. The Balaban J connectivity index is 0.00000220. The minimum absolute atomic E-state index is 0. The maximum atomic E-state index is 12.0. The van der Waals surface area contributed by atoms with Crippen LogP contribution in [0.15, 0.2) is 24.3 Å². The number of benzene rings is 1. The summed E-state index contributed by atoms with van der Waals surface area (Å²) in [5, 5.41) is 0. The van der Waals surface area contributed by atoms with Crippen molar-refractivity contribution in [3.8, 4) is 0 Å². The smallest absolute Gasteiger partial charge is 0.222 e. The van der Waals surface area contributed by atoms with Crippen LogP contribution in [-0.2, 0) is 11.2 Å². The van der Waals surface area contributed by atoms with Crippen LogP contribution < -0.4 is 5.73 Å². The summed E-state index contributed by atoms with van der Waals surface area (Å²) in [6, 6.07) is 8.92. The van der Waals surface area contributed by atoms with Gasteiger partial charge in [0.1, 0.15) is 0 Å². The highest BCUT2D eigenvalue weighted by molar-refractivity contribution is 14.1. The van der Waals surface area contributed by atoms with E-state index in [1.165, 1.54) is 9.13 Å². The van der Waals surface area contributed by atoms with Crippen molar-refractivity contribution >= 4 is 40.9 Å². The summed E-state index contributed by atoms with van der Waals surface area (Å²) in [7, 11) is 0. The molecule has 2 rings (SSSR count). The van der Waals surface area contributed by atoms with E-state index in [0.29, 0.717) is 18.4 Å². The monoisotopic (exact) mass is 422 g/mol. The second-order valence-corrected chi connectivity index (χ2v) is 6.80. The fraction of sp³-hybridized carbons (Fsp3) is 0.562. The molecule has 1 aromatic rings. The molecule has 0 radical (unpaired) electrons. The molecule has 2 N–H and O–H groups in total. The lowest BCUT2D eigenvalue weighted by molar-refractivity contribution is -0.132. The molecule has 1 fully saturated rings. The molecule has 3 nitrogen and oxygen atoms in total. The number of halogens is 2. The largest absolute Gasteiger partial charge is 0.343 e. The summed E-state index contributed by atoms with van der Waals surface area (Å²) < 4.78 is 1.27. The number of amides is 1. The zero-order valence-electron chi connectivity index (χ0n) is 12.3. The van der Waals surface area contributed by atoms with Gasteiger partial charge in [0, 0.05) is 29.1 Å². The molecular formula is C16H24ClIN2O. The zero-order chi connectivity index (χ0) is 14.4. The average Bonchev–Trinajstić information content (AvgIpc) is 2.46. The van der Waals surface area contributed by atoms with Gasteiger partial charge in [0.15, 0.2) is 0 Å². The number of unbranched alkanes of at least 4 members (excludes halogenated alkanes) is 1. The molecule has 118 valence electrons. The second kappa shape index (κ2) is 9.64. The topological polar surface area (TPSA) is 46.3 Å². The third kappa shape index (κ3) is 6.53. The Morgan fingerprint density at radius 2 is 1.81 bits per heavy atom. The van der Waals surface area contributed by atoms with E-state index in [9.17, 15) is 4.79 Å². The Kier molecular flexibility index (Phi) is 8.59. The van der Waals surface area contributed by atoms with Gasteiger partial charge < -0.3 is 10.6 Å². The van der Waals surface area contributed by atoms with Gasteiger partial charge in [0.2, 0.25) is 5.91 Å². The molecule has 1 heterocycles. The first-order valence-electron chi connectivity index (χ1n) is 7.43. The highest BCUT2D eigenvalue weighted by Gasteiger charge is 2.19. The number of likely N-dealkylation sites (tertiary alicyclic amines) is 1. The summed E-state index contributed by atoms with van der Waals surface area (Å²) in [5.74, 6) is 0.305. The lowest BCUT2D eigenvalue weighted by Crippen LogP contribution is -2.42. The molecule has 1 saturated heterocycles. The number of aryl methyl sites for hydroxylation is 1. The van der Waals surface area contributed by atoms with Crippen LogP contribution in [0.2, 0.25) is 0 Å². The first kappa shape index (κ1) is 18.7. The van der Waals surface area contributed by atoms with E-state index in [0.717, 1.165) is 45.2 Å². The molecule has 0 unspecified atom stereocenters. The summed E-state index contributed by atoms with van der Waals surface area (Å²) in [5.41, 5.74) is 7.22. The molecule has 0 aliphatic carbocycles. The Labute approximate surface area is 147 Å². The first-order valence-corrected chi connectivity index (χ1v) is 8.51. The zero-order valence-corrected chi connectivity index (χ0v) is 15.2. The molecule has 0 saturated carbocycles. The van der Waals surface area contributed by atoms with E-state index in [-0.39, 0.29) is 12.4 Å². The van der Waals surface area contributed by atoms with Crippen LogP contribution in [-0.4, -0.2) is 29.9 Å². The van der Waals surface area contributed by atoms with E-state index in [1.54, 1.807) is 0 Å². The van der Waals surface area contributed by atoms with Crippen LogP contribution in [0.1, 0.15) is 37.7 Å². The lowest BCUT2D eigenvalue weighted by Gasteiger charge is -2.30. The van der Waals surface area contributed by atoms with Gasteiger partial charge in [-0.1, -0.05) is 12.1 Å². The van der Waals surface area contributed by atoms with Crippen LogP contribution >= 0.6 is 35.0 Å². The van der Waals surface area contributed by atoms with Crippen molar-refractivity contribution in [1.29, 1.82) is 0 Å². The summed E-state index contributed by atoms with van der Waals surface area (Å²) in [4.78, 5) is 14.0. The minimum Gasteiger partial charge on any atom is -0.343 e. The second-order valence-electron chi connectivity index (χ2n) is 5.55. The molecular weight excluding hydrogens is 399 g/mol. The van der Waals surface area contributed by atoms with Crippen molar-refractivity contribution in [2.45, 2.75) is 44.6 Å². The van der Waals surface area contributed by atoms with Gasteiger partial charge in [0.05, 0.1) is 0 Å². The van der Waals surface area contributed by atoms with Gasteiger partial charge >= 0.3 is 0 Å². The van der Waals surface area contributed by atoms with Crippen LogP contribution in [0.3, 0.4) is 0 Å². The van der Waals surface area contributed by atoms with Crippen molar-refractivity contribution in [1.82, 2.24) is 4.90 Å². The normalized spacial score (nSPS) is 15.6. The Hall–Kier alpha value is -0.330. The average molecular weight is 423 g/mol. The lowest BCUT2D eigenvalue weighted by atomic mass is 10.0. The number of carbonyl (C=O) groups excluding carboxylic acids is 1. The molecule has 21 heavy (non-hydrogen) atoms. The number of nitrogens with two attached hydrogens (primary N) is 1. The van der Waals surface area contributed by atoms with Gasteiger partial charge in [0.25, 0.3) is 0 Å². The fourth-order valence-electron chi connectivity index (χ4n) is 2.56. The number of nitrogens with zero attached hydrogens (tertiary/aromatic N) is 1. The highest BCUT2D eigenvalue weighted by atomic mass is 127. The van der Waals surface area contributed by atoms with Crippen LogP contribution in [0, 0.1) is 3.57 Å². The predicted octanol–water partition coefficient (Wildman–Crippen LogP) is 3.38. The van der Waals surface area contributed by atoms with Gasteiger partial charge in [-0.25, -0.2) is 0 Å². The Bertz CT molecular complexity index is 430. The van der Waals surface area contributed by atoms with E-state index >= 15 is 0 Å².